The Bertz CT molecular complexity index is 1310. The van der Waals surface area contributed by atoms with Gasteiger partial charge in [0.15, 0.2) is 0 Å². The fourth-order valence-corrected chi connectivity index (χ4v) is 10.7. The van der Waals surface area contributed by atoms with Crippen molar-refractivity contribution in [3.05, 3.63) is 48.6 Å². The minimum Gasteiger partial charge on any atom is -0.466 e. The van der Waals surface area contributed by atoms with Gasteiger partial charge >= 0.3 is 5.97 Å². The zero-order valence-corrected chi connectivity index (χ0v) is 52.4. The number of esters is 1. The second kappa shape index (κ2) is 67.3. The SMILES string of the molecule is CCCCC/C=C\CCCCCCCC(=O)OCCCCCCCCCCCCC/C=C\C/C=C\CCCCCCCCCCCCCCCCCCCC(=O)NC(CO)C(O)/C=C/CCCCCCCCCCCCCC. The second-order valence-electron chi connectivity index (χ2n) is 23.9. The van der Waals surface area contributed by atoms with Crippen molar-refractivity contribution in [2.24, 2.45) is 0 Å². The summed E-state index contributed by atoms with van der Waals surface area (Å²) in [5.41, 5.74) is 0. The summed E-state index contributed by atoms with van der Waals surface area (Å²) in [5, 5.41) is 23.1. The van der Waals surface area contributed by atoms with E-state index in [1.54, 1.807) is 6.08 Å². The van der Waals surface area contributed by atoms with Crippen LogP contribution in [0.1, 0.15) is 373 Å². The Labute approximate surface area is 486 Å². The van der Waals surface area contributed by atoms with Crippen LogP contribution >= 0.6 is 0 Å². The number of nitrogens with one attached hydrogen (secondary N) is 1. The second-order valence-corrected chi connectivity index (χ2v) is 23.9. The topological polar surface area (TPSA) is 95.9 Å². The minimum absolute atomic E-state index is 0.00633. The summed E-state index contributed by atoms with van der Waals surface area (Å²) in [5.74, 6) is -0.0580. The standard InChI is InChI=1S/C72H135NO5/c1-3-5-7-9-11-13-15-17-41-44-48-52-56-60-64-70(75)69(68-74)73-71(76)65-61-57-53-49-45-42-39-37-35-33-31-29-27-25-23-21-19-18-20-22-24-26-28-30-32-34-36-38-40-43-47-51-55-59-63-67-78-72(77)66-62-58-54-50-46-16-14-12-10-8-6-4-2/h12,14,20,22,26,28,60,64,69-70,74-75H,3-11,13,15-19,21,23-25,27,29-59,61-63,65-68H2,1-2H3,(H,73,76)/b14-12-,22-20-,28-26-,64-60+. The number of unbranched alkanes of at least 4 members (excludes halogenated alkanes) is 48. The third-order valence-corrected chi connectivity index (χ3v) is 16.1. The number of carbonyl (C=O) groups is 2. The highest BCUT2D eigenvalue weighted by atomic mass is 16.5. The van der Waals surface area contributed by atoms with Gasteiger partial charge in [0.25, 0.3) is 0 Å². The van der Waals surface area contributed by atoms with Crippen molar-refractivity contribution in [1.29, 1.82) is 0 Å². The number of allylic oxidation sites excluding steroid dienone is 7. The van der Waals surface area contributed by atoms with E-state index in [0.29, 0.717) is 19.4 Å². The lowest BCUT2D eigenvalue weighted by atomic mass is 10.0. The number of amides is 1. The third kappa shape index (κ3) is 63.0. The van der Waals surface area contributed by atoms with Gasteiger partial charge in [-0.3, -0.25) is 9.59 Å². The normalized spacial score (nSPS) is 12.8. The molecular weight excluding hydrogens is 959 g/mol. The van der Waals surface area contributed by atoms with Crippen molar-refractivity contribution < 1.29 is 24.5 Å². The van der Waals surface area contributed by atoms with E-state index >= 15 is 0 Å². The van der Waals surface area contributed by atoms with E-state index in [1.807, 2.05) is 6.08 Å². The number of rotatable bonds is 65. The Balaban J connectivity index is 3.38. The molecule has 0 aromatic rings. The van der Waals surface area contributed by atoms with Crippen LogP contribution in [-0.2, 0) is 14.3 Å². The van der Waals surface area contributed by atoms with E-state index in [4.69, 9.17) is 4.74 Å². The largest absolute Gasteiger partial charge is 0.466 e. The Morgan fingerprint density at radius 2 is 0.641 bits per heavy atom. The average molecular weight is 1090 g/mol. The fourth-order valence-electron chi connectivity index (χ4n) is 10.7. The molecule has 6 nitrogen and oxygen atoms in total. The molecule has 0 rings (SSSR count). The summed E-state index contributed by atoms with van der Waals surface area (Å²) < 4.78 is 5.47. The van der Waals surface area contributed by atoms with E-state index < -0.39 is 12.1 Å². The number of ether oxygens (including phenoxy) is 1. The maximum atomic E-state index is 12.5. The van der Waals surface area contributed by atoms with Crippen LogP contribution in [0.15, 0.2) is 48.6 Å². The van der Waals surface area contributed by atoms with Gasteiger partial charge in [-0.25, -0.2) is 0 Å². The maximum Gasteiger partial charge on any atom is 0.305 e. The van der Waals surface area contributed by atoms with E-state index in [1.165, 1.54) is 295 Å². The highest BCUT2D eigenvalue weighted by Gasteiger charge is 2.18. The lowest BCUT2D eigenvalue weighted by Gasteiger charge is -2.20. The van der Waals surface area contributed by atoms with Crippen molar-refractivity contribution in [1.82, 2.24) is 5.32 Å². The van der Waals surface area contributed by atoms with Gasteiger partial charge in [0.1, 0.15) is 0 Å². The van der Waals surface area contributed by atoms with Crippen molar-refractivity contribution in [2.75, 3.05) is 13.2 Å². The smallest absolute Gasteiger partial charge is 0.305 e. The Hall–Kier alpha value is -2.18. The lowest BCUT2D eigenvalue weighted by Crippen LogP contribution is -2.45. The molecule has 0 bridgehead atoms. The number of carbonyl (C=O) groups excluding carboxylic acids is 2. The van der Waals surface area contributed by atoms with Gasteiger partial charge in [-0.1, -0.05) is 319 Å². The predicted octanol–water partition coefficient (Wildman–Crippen LogP) is 22.5. The van der Waals surface area contributed by atoms with Crippen LogP contribution in [0.2, 0.25) is 0 Å². The van der Waals surface area contributed by atoms with Crippen molar-refractivity contribution >= 4 is 11.9 Å². The molecular formula is C72H135NO5. The molecule has 0 saturated heterocycles. The summed E-state index contributed by atoms with van der Waals surface area (Å²) >= 11 is 0. The molecule has 0 radical (unpaired) electrons. The van der Waals surface area contributed by atoms with Gasteiger partial charge in [-0.2, -0.15) is 0 Å². The first-order chi connectivity index (χ1) is 38.5. The summed E-state index contributed by atoms with van der Waals surface area (Å²) in [6.07, 6.45) is 87.7. The number of hydrogen-bond donors (Lipinski definition) is 3. The van der Waals surface area contributed by atoms with Crippen molar-refractivity contribution in [3.8, 4) is 0 Å². The van der Waals surface area contributed by atoms with E-state index in [0.717, 1.165) is 51.4 Å². The van der Waals surface area contributed by atoms with Crippen LogP contribution in [0.5, 0.6) is 0 Å². The molecule has 78 heavy (non-hydrogen) atoms. The highest BCUT2D eigenvalue weighted by Crippen LogP contribution is 2.18. The zero-order chi connectivity index (χ0) is 56.4. The molecule has 1 amide bonds. The molecule has 2 atom stereocenters. The average Bonchev–Trinajstić information content (AvgIpc) is 3.44. The van der Waals surface area contributed by atoms with Crippen LogP contribution in [0.3, 0.4) is 0 Å². The third-order valence-electron chi connectivity index (χ3n) is 16.1. The van der Waals surface area contributed by atoms with E-state index in [2.05, 4.69) is 55.6 Å². The predicted molar refractivity (Wildman–Crippen MR) is 342 cm³/mol. The monoisotopic (exact) mass is 1090 g/mol. The lowest BCUT2D eigenvalue weighted by molar-refractivity contribution is -0.143. The Morgan fingerprint density at radius 3 is 1.01 bits per heavy atom. The molecule has 0 aliphatic heterocycles. The van der Waals surface area contributed by atoms with Crippen molar-refractivity contribution in [3.63, 3.8) is 0 Å². The number of aliphatic hydroxyl groups is 2. The van der Waals surface area contributed by atoms with Gasteiger partial charge in [0.05, 0.1) is 25.4 Å². The number of hydrogen-bond acceptors (Lipinski definition) is 5. The zero-order valence-electron chi connectivity index (χ0n) is 52.4. The fraction of sp³-hybridized carbons (Fsp3) is 0.861. The molecule has 6 heteroatoms. The molecule has 0 heterocycles. The molecule has 0 aliphatic carbocycles. The van der Waals surface area contributed by atoms with Crippen LogP contribution in [0.25, 0.3) is 0 Å². The first kappa shape index (κ1) is 75.8. The number of aliphatic hydroxyl groups excluding tert-OH is 2. The van der Waals surface area contributed by atoms with E-state index in [9.17, 15) is 19.8 Å². The summed E-state index contributed by atoms with van der Waals surface area (Å²) in [4.78, 5) is 24.5. The Kier molecular flexibility index (Phi) is 65.4. The van der Waals surface area contributed by atoms with Crippen LogP contribution in [-0.4, -0.2) is 47.4 Å². The van der Waals surface area contributed by atoms with Gasteiger partial charge in [-0.15, -0.1) is 0 Å². The van der Waals surface area contributed by atoms with Gasteiger partial charge in [-0.05, 0) is 89.9 Å². The molecule has 0 aliphatic rings. The first-order valence-corrected chi connectivity index (χ1v) is 34.9. The molecule has 0 spiro atoms. The van der Waals surface area contributed by atoms with Crippen molar-refractivity contribution in [2.45, 2.75) is 386 Å². The quantitative estimate of drug-likeness (QED) is 0.0320. The molecule has 0 fully saturated rings. The molecule has 2 unspecified atom stereocenters. The summed E-state index contributed by atoms with van der Waals surface area (Å²) in [7, 11) is 0. The summed E-state index contributed by atoms with van der Waals surface area (Å²) in [6.45, 7) is 4.89. The molecule has 0 aromatic carbocycles. The van der Waals surface area contributed by atoms with Gasteiger partial charge in [0.2, 0.25) is 5.91 Å². The first-order valence-electron chi connectivity index (χ1n) is 34.9. The van der Waals surface area contributed by atoms with Crippen LogP contribution in [0, 0.1) is 0 Å². The molecule has 0 saturated carbocycles. The van der Waals surface area contributed by atoms with Gasteiger partial charge in [0, 0.05) is 12.8 Å². The van der Waals surface area contributed by atoms with Crippen LogP contribution < -0.4 is 5.32 Å². The molecule has 458 valence electrons. The van der Waals surface area contributed by atoms with E-state index in [-0.39, 0.29) is 18.5 Å². The maximum absolute atomic E-state index is 12.5. The molecule has 0 aromatic heterocycles. The highest BCUT2D eigenvalue weighted by molar-refractivity contribution is 5.76. The van der Waals surface area contributed by atoms with Crippen LogP contribution in [0.4, 0.5) is 0 Å². The molecule has 3 N–H and O–H groups in total. The minimum atomic E-state index is -0.843. The summed E-state index contributed by atoms with van der Waals surface area (Å²) in [6, 6.07) is -0.626. The van der Waals surface area contributed by atoms with Gasteiger partial charge < -0.3 is 20.3 Å². The Morgan fingerprint density at radius 1 is 0.359 bits per heavy atom.